The number of anilines is 1. The lowest BCUT2D eigenvalue weighted by Gasteiger charge is -2.33. The number of nitrogens with one attached hydrogen (secondary N) is 2. The molecule has 6 rings (SSSR count). The van der Waals surface area contributed by atoms with Crippen molar-refractivity contribution < 1.29 is 22.7 Å². The molecule has 5 aromatic rings. The van der Waals surface area contributed by atoms with Crippen LogP contribution in [0, 0.1) is 5.82 Å². The molecule has 1 aliphatic rings. The fraction of sp³-hybridized carbons (Fsp3) is 0.259. The van der Waals surface area contributed by atoms with Crippen LogP contribution in [0.25, 0.3) is 27.7 Å². The van der Waals surface area contributed by atoms with Gasteiger partial charge in [-0.05, 0) is 43.2 Å². The number of carbonyl (C=O) groups is 1. The van der Waals surface area contributed by atoms with Crippen LogP contribution in [0.15, 0.2) is 55.0 Å². The van der Waals surface area contributed by atoms with Crippen molar-refractivity contribution in [1.82, 2.24) is 30.1 Å². The molecule has 0 aliphatic carbocycles. The van der Waals surface area contributed by atoms with Crippen LogP contribution >= 0.6 is 11.6 Å². The van der Waals surface area contributed by atoms with Crippen LogP contribution in [0.3, 0.4) is 0 Å². The predicted molar refractivity (Wildman–Crippen MR) is 144 cm³/mol. The lowest BCUT2D eigenvalue weighted by Crippen LogP contribution is -2.45. The van der Waals surface area contributed by atoms with Gasteiger partial charge in [-0.2, -0.15) is 5.10 Å². The number of amides is 1. The molecule has 9 nitrogen and oxygen atoms in total. The van der Waals surface area contributed by atoms with Crippen molar-refractivity contribution in [3.63, 3.8) is 0 Å². The summed E-state index contributed by atoms with van der Waals surface area (Å²) in [6.45, 7) is 0.552. The van der Waals surface area contributed by atoms with Crippen LogP contribution in [0.5, 0.6) is 5.75 Å². The van der Waals surface area contributed by atoms with Gasteiger partial charge >= 0.3 is 0 Å². The van der Waals surface area contributed by atoms with Gasteiger partial charge in [-0.3, -0.25) is 9.89 Å². The predicted octanol–water partition coefficient (Wildman–Crippen LogP) is 5.11. The van der Waals surface area contributed by atoms with Crippen molar-refractivity contribution in [3.8, 4) is 16.9 Å². The maximum absolute atomic E-state index is 14.1. The van der Waals surface area contributed by atoms with Crippen LogP contribution in [-0.2, 0) is 0 Å². The number of pyridine rings is 2. The Morgan fingerprint density at radius 2 is 2.02 bits per heavy atom. The zero-order valence-corrected chi connectivity index (χ0v) is 21.7. The summed E-state index contributed by atoms with van der Waals surface area (Å²) >= 11 is 6.02. The van der Waals surface area contributed by atoms with Gasteiger partial charge in [-0.15, -0.1) is 5.10 Å². The van der Waals surface area contributed by atoms with Gasteiger partial charge in [0.2, 0.25) is 0 Å². The largest absolute Gasteiger partial charge is 0.486 e. The molecule has 0 spiro atoms. The highest BCUT2D eigenvalue weighted by molar-refractivity contribution is 6.33. The number of H-pyrrole nitrogens is 1. The second-order valence-electron chi connectivity index (χ2n) is 9.45. The SMILES string of the molecule is O=C(NC1CCN(c2ccc(-c3cc(OCC(F)F)cn4nc5[nH]ncc5c34)cn2)CC1)c1c(F)cccc1Cl. The zero-order valence-electron chi connectivity index (χ0n) is 21.0. The highest BCUT2D eigenvalue weighted by Gasteiger charge is 2.24. The number of fused-ring (bicyclic) bond motifs is 3. The molecule has 0 radical (unpaired) electrons. The van der Waals surface area contributed by atoms with Gasteiger partial charge in [-0.1, -0.05) is 17.7 Å². The lowest BCUT2D eigenvalue weighted by molar-refractivity contribution is 0.0816. The first-order valence-electron chi connectivity index (χ1n) is 12.6. The Morgan fingerprint density at radius 3 is 2.75 bits per heavy atom. The molecular weight excluding hydrogens is 547 g/mol. The Balaban J connectivity index is 1.18. The van der Waals surface area contributed by atoms with Crippen LogP contribution in [0.1, 0.15) is 23.2 Å². The minimum Gasteiger partial charge on any atom is -0.486 e. The highest BCUT2D eigenvalue weighted by atomic mass is 35.5. The third-order valence-electron chi connectivity index (χ3n) is 6.88. The van der Waals surface area contributed by atoms with Crippen molar-refractivity contribution >= 4 is 39.9 Å². The summed E-state index contributed by atoms with van der Waals surface area (Å²) in [6, 6.07) is 9.52. The first-order valence-corrected chi connectivity index (χ1v) is 13.0. The molecule has 1 fully saturated rings. The van der Waals surface area contributed by atoms with Gasteiger partial charge < -0.3 is 15.0 Å². The summed E-state index contributed by atoms with van der Waals surface area (Å²) in [5.74, 6) is -0.166. The fourth-order valence-corrected chi connectivity index (χ4v) is 5.21. The number of nitrogens with zero attached hydrogens (tertiary/aromatic N) is 5. The Morgan fingerprint density at radius 1 is 1.20 bits per heavy atom. The minimum absolute atomic E-state index is 0.0760. The van der Waals surface area contributed by atoms with E-state index in [1.165, 1.54) is 18.2 Å². The second kappa shape index (κ2) is 10.7. The van der Waals surface area contributed by atoms with E-state index in [0.717, 1.165) is 22.3 Å². The Kier molecular flexibility index (Phi) is 6.93. The van der Waals surface area contributed by atoms with E-state index in [1.54, 1.807) is 29.2 Å². The third kappa shape index (κ3) is 5.02. The van der Waals surface area contributed by atoms with Crippen molar-refractivity contribution in [1.29, 1.82) is 0 Å². The second-order valence-corrected chi connectivity index (χ2v) is 9.86. The standard InChI is InChI=1S/C27H23ClF3N7O2/c28-20-2-1-3-21(29)24(20)27(39)34-16-6-8-37(9-7-16)23-5-4-15(11-32-23)18-10-17(40-14-22(30)31)13-38-25(18)19-12-33-35-26(19)36-38/h1-5,10-13,16,22H,6-9,14H2,(H,34,39)(H,35,36). The maximum atomic E-state index is 14.1. The summed E-state index contributed by atoms with van der Waals surface area (Å²) in [7, 11) is 0. The summed E-state index contributed by atoms with van der Waals surface area (Å²) in [6.07, 6.45) is 3.63. The summed E-state index contributed by atoms with van der Waals surface area (Å²) < 4.78 is 46.5. The van der Waals surface area contributed by atoms with E-state index < -0.39 is 24.8 Å². The Labute approximate surface area is 230 Å². The Bertz CT molecular complexity index is 1660. The smallest absolute Gasteiger partial charge is 0.272 e. The zero-order chi connectivity index (χ0) is 27.8. The number of carbonyl (C=O) groups excluding carboxylic acids is 1. The van der Waals surface area contributed by atoms with Crippen LogP contribution in [-0.4, -0.2) is 62.9 Å². The fourth-order valence-electron chi connectivity index (χ4n) is 4.96. The summed E-state index contributed by atoms with van der Waals surface area (Å²) in [5, 5.41) is 15.0. The number of rotatable bonds is 7. The minimum atomic E-state index is -2.61. The van der Waals surface area contributed by atoms with E-state index in [4.69, 9.17) is 16.3 Å². The highest BCUT2D eigenvalue weighted by Crippen LogP contribution is 2.33. The van der Waals surface area contributed by atoms with Crippen LogP contribution in [0.4, 0.5) is 19.0 Å². The van der Waals surface area contributed by atoms with E-state index >= 15 is 0 Å². The lowest BCUT2D eigenvalue weighted by atomic mass is 10.0. The van der Waals surface area contributed by atoms with Gasteiger partial charge in [0.1, 0.15) is 24.0 Å². The number of hydrogen-bond donors (Lipinski definition) is 2. The molecule has 40 heavy (non-hydrogen) atoms. The average Bonchev–Trinajstić information content (AvgIpc) is 3.53. The van der Waals surface area contributed by atoms with Crippen molar-refractivity contribution in [2.24, 2.45) is 0 Å². The van der Waals surface area contributed by atoms with E-state index in [-0.39, 0.29) is 22.4 Å². The van der Waals surface area contributed by atoms with E-state index in [0.29, 0.717) is 37.1 Å². The molecule has 1 aromatic carbocycles. The number of alkyl halides is 2. The quantitative estimate of drug-likeness (QED) is 0.283. The monoisotopic (exact) mass is 569 g/mol. The van der Waals surface area contributed by atoms with Gasteiger partial charge in [0.25, 0.3) is 12.3 Å². The molecule has 0 unspecified atom stereocenters. The van der Waals surface area contributed by atoms with Crippen LogP contribution in [0.2, 0.25) is 5.02 Å². The molecule has 206 valence electrons. The summed E-state index contributed by atoms with van der Waals surface area (Å²) in [5.41, 5.74) is 2.62. The molecule has 0 saturated carbocycles. The van der Waals surface area contributed by atoms with Crippen molar-refractivity contribution in [2.45, 2.75) is 25.3 Å². The van der Waals surface area contributed by atoms with Gasteiger partial charge in [0.15, 0.2) is 5.65 Å². The molecule has 4 aromatic heterocycles. The number of aromatic amines is 1. The molecule has 13 heteroatoms. The first kappa shape index (κ1) is 25.9. The number of benzene rings is 1. The number of halogens is 4. The van der Waals surface area contributed by atoms with Crippen molar-refractivity contribution in [3.05, 3.63) is 71.4 Å². The van der Waals surface area contributed by atoms with Crippen LogP contribution < -0.4 is 15.0 Å². The molecule has 1 saturated heterocycles. The number of aromatic nitrogens is 5. The number of hydrogen-bond acceptors (Lipinski definition) is 6. The molecule has 0 bridgehead atoms. The third-order valence-corrected chi connectivity index (χ3v) is 7.20. The van der Waals surface area contributed by atoms with Gasteiger partial charge in [0.05, 0.1) is 33.9 Å². The van der Waals surface area contributed by atoms with E-state index in [1.807, 2.05) is 12.1 Å². The normalized spacial score (nSPS) is 14.4. The van der Waals surface area contributed by atoms with Gasteiger partial charge in [0, 0.05) is 36.5 Å². The Hall–Kier alpha value is -4.32. The molecule has 5 heterocycles. The van der Waals surface area contributed by atoms with E-state index in [2.05, 4.69) is 30.5 Å². The molecule has 1 amide bonds. The van der Waals surface area contributed by atoms with Crippen molar-refractivity contribution in [2.75, 3.05) is 24.6 Å². The maximum Gasteiger partial charge on any atom is 0.272 e. The molecular formula is C27H23ClF3N7O2. The van der Waals surface area contributed by atoms with Gasteiger partial charge in [-0.25, -0.2) is 22.7 Å². The molecule has 2 N–H and O–H groups in total. The molecule has 1 aliphatic heterocycles. The number of piperidine rings is 1. The van der Waals surface area contributed by atoms with E-state index in [9.17, 15) is 18.0 Å². The topological polar surface area (TPSA) is 100 Å². The summed E-state index contributed by atoms with van der Waals surface area (Å²) in [4.78, 5) is 19.4. The number of ether oxygens (including phenoxy) is 1. The average molecular weight is 570 g/mol. The molecule has 0 atom stereocenters. The first-order chi connectivity index (χ1) is 19.4.